The van der Waals surface area contributed by atoms with E-state index in [-0.39, 0.29) is 5.92 Å². The number of carbonyl (C=O) groups excluding carboxylic acids is 1. The van der Waals surface area contributed by atoms with Gasteiger partial charge in [0.2, 0.25) is 5.91 Å². The number of nitrogens with zero attached hydrogens (tertiary/aromatic N) is 3. The summed E-state index contributed by atoms with van der Waals surface area (Å²) in [7, 11) is 0. The van der Waals surface area contributed by atoms with Crippen LogP contribution in [0.25, 0.3) is 23.5 Å². The molecule has 2 saturated heterocycles. The van der Waals surface area contributed by atoms with Gasteiger partial charge >= 0.3 is 0 Å². The molecule has 0 unspecified atom stereocenters. The van der Waals surface area contributed by atoms with Crippen LogP contribution in [0.5, 0.6) is 0 Å². The zero-order valence-electron chi connectivity index (χ0n) is 16.7. The molecule has 3 aliphatic rings. The van der Waals surface area contributed by atoms with Crippen molar-refractivity contribution in [3.63, 3.8) is 0 Å². The van der Waals surface area contributed by atoms with E-state index >= 15 is 0 Å². The van der Waals surface area contributed by atoms with Gasteiger partial charge in [-0.1, -0.05) is 23.8 Å². The summed E-state index contributed by atoms with van der Waals surface area (Å²) < 4.78 is 0. The maximum atomic E-state index is 12.7. The number of hydrogen-bond acceptors (Lipinski definition) is 3. The van der Waals surface area contributed by atoms with Crippen LogP contribution in [0.2, 0.25) is 5.02 Å². The number of likely N-dealkylation sites (tertiary alicyclic amines) is 1. The molecule has 1 aliphatic carbocycles. The molecule has 0 atom stereocenters. The lowest BCUT2D eigenvalue weighted by Gasteiger charge is -2.34. The fourth-order valence-electron chi connectivity index (χ4n) is 4.76. The van der Waals surface area contributed by atoms with Crippen LogP contribution in [0.15, 0.2) is 18.2 Å². The van der Waals surface area contributed by atoms with Crippen LogP contribution in [-0.4, -0.2) is 47.0 Å². The molecular formula is C23H27ClN4O. The molecule has 29 heavy (non-hydrogen) atoms. The number of amides is 1. The van der Waals surface area contributed by atoms with Gasteiger partial charge in [0.05, 0.1) is 15.7 Å². The number of aromatic nitrogens is 2. The number of benzene rings is 1. The molecule has 1 aromatic carbocycles. The average Bonchev–Trinajstić information content (AvgIpc) is 3.44. The highest BCUT2D eigenvalue weighted by Crippen LogP contribution is 2.32. The van der Waals surface area contributed by atoms with Gasteiger partial charge in [0.25, 0.3) is 0 Å². The highest BCUT2D eigenvalue weighted by Gasteiger charge is 2.30. The minimum atomic E-state index is 0.180. The van der Waals surface area contributed by atoms with Gasteiger partial charge in [-0.05, 0) is 56.7 Å². The molecule has 0 saturated carbocycles. The van der Waals surface area contributed by atoms with Gasteiger partial charge in [-0.15, -0.1) is 0 Å². The number of anilines is 1. The monoisotopic (exact) mass is 410 g/mol. The van der Waals surface area contributed by atoms with Gasteiger partial charge in [0.1, 0.15) is 5.82 Å². The minimum Gasteiger partial charge on any atom is -0.371 e. The standard InChI is InChI=1S/C23H27ClN4O/c24-19-8-7-17(15-18(19)22-25-20-5-1-2-6-21(20)26-22)27-13-9-16(10-14-27)23(29)28-11-3-4-12-28/h5-8,15-16H,1-4,9-14H2,(H,25,26). The Kier molecular flexibility index (Phi) is 5.08. The first-order valence-electron chi connectivity index (χ1n) is 10.8. The summed E-state index contributed by atoms with van der Waals surface area (Å²) in [5, 5.41) is 2.82. The molecule has 0 radical (unpaired) electrons. The van der Waals surface area contributed by atoms with Crippen LogP contribution < -0.4 is 15.6 Å². The van der Waals surface area contributed by atoms with Crippen molar-refractivity contribution in [1.29, 1.82) is 0 Å². The summed E-state index contributed by atoms with van der Waals surface area (Å²) in [6, 6.07) is 6.17. The third kappa shape index (κ3) is 3.68. The molecule has 152 valence electrons. The Morgan fingerprint density at radius 2 is 1.83 bits per heavy atom. The van der Waals surface area contributed by atoms with E-state index in [1.165, 1.54) is 0 Å². The molecule has 5 rings (SSSR count). The number of piperidine rings is 1. The van der Waals surface area contributed by atoms with Gasteiger partial charge in [-0.3, -0.25) is 4.79 Å². The van der Waals surface area contributed by atoms with Gasteiger partial charge in [0.15, 0.2) is 0 Å². The van der Waals surface area contributed by atoms with E-state index in [1.54, 1.807) is 0 Å². The van der Waals surface area contributed by atoms with Crippen LogP contribution in [0.4, 0.5) is 5.69 Å². The molecule has 0 spiro atoms. The summed E-state index contributed by atoms with van der Waals surface area (Å²) >= 11 is 6.52. The first-order chi connectivity index (χ1) is 14.2. The molecule has 2 aliphatic heterocycles. The molecule has 1 amide bonds. The van der Waals surface area contributed by atoms with Crippen LogP contribution >= 0.6 is 11.6 Å². The van der Waals surface area contributed by atoms with Gasteiger partial charge in [0, 0.05) is 43.3 Å². The molecular weight excluding hydrogens is 384 g/mol. The van der Waals surface area contributed by atoms with E-state index < -0.39 is 0 Å². The average molecular weight is 411 g/mol. The highest BCUT2D eigenvalue weighted by atomic mass is 35.5. The maximum absolute atomic E-state index is 12.7. The normalized spacial score (nSPS) is 19.6. The van der Waals surface area contributed by atoms with E-state index in [4.69, 9.17) is 16.6 Å². The molecule has 1 aromatic heterocycles. The maximum Gasteiger partial charge on any atom is 0.225 e. The van der Waals surface area contributed by atoms with Crippen LogP contribution in [0.3, 0.4) is 0 Å². The van der Waals surface area contributed by atoms with Gasteiger partial charge < -0.3 is 14.8 Å². The van der Waals surface area contributed by atoms with Gasteiger partial charge in [-0.25, -0.2) is 4.98 Å². The van der Waals surface area contributed by atoms with E-state index in [1.807, 2.05) is 6.07 Å². The van der Waals surface area contributed by atoms with Crippen molar-refractivity contribution in [3.05, 3.63) is 33.9 Å². The Labute approximate surface area is 176 Å². The first-order valence-corrected chi connectivity index (χ1v) is 11.2. The summed E-state index contributed by atoms with van der Waals surface area (Å²) in [4.78, 5) is 25.3. The number of nitrogens with one attached hydrogen (secondary N) is 1. The number of carbonyl (C=O) groups is 1. The van der Waals surface area contributed by atoms with Crippen molar-refractivity contribution in [3.8, 4) is 11.4 Å². The molecule has 5 nitrogen and oxygen atoms in total. The van der Waals surface area contributed by atoms with Crippen LogP contribution in [-0.2, 0) is 4.79 Å². The number of halogens is 1. The Morgan fingerprint density at radius 3 is 2.59 bits per heavy atom. The molecule has 2 fully saturated rings. The molecule has 0 bridgehead atoms. The van der Waals surface area contributed by atoms with E-state index in [0.29, 0.717) is 10.9 Å². The lowest BCUT2D eigenvalue weighted by molar-refractivity contribution is -0.135. The number of hydrogen-bond donors (Lipinski definition) is 1. The SMILES string of the molecule is O=C(C1CCN(c2ccc(Cl)c(-c3nc4c([nH]3)=CCCC=4)c2)CC1)N1CCCC1. The number of fused-ring (bicyclic) bond motifs is 1. The van der Waals surface area contributed by atoms with Crippen molar-refractivity contribution in [2.45, 2.75) is 38.5 Å². The summed E-state index contributed by atoms with van der Waals surface area (Å²) in [6.45, 7) is 3.70. The number of rotatable bonds is 3. The Morgan fingerprint density at radius 1 is 1.07 bits per heavy atom. The molecule has 6 heteroatoms. The predicted octanol–water partition coefficient (Wildman–Crippen LogP) is 2.92. The number of aromatic amines is 1. The lowest BCUT2D eigenvalue weighted by Crippen LogP contribution is -2.41. The second kappa shape index (κ2) is 7.86. The van der Waals surface area contributed by atoms with Gasteiger partial charge in [-0.2, -0.15) is 0 Å². The summed E-state index contributed by atoms with van der Waals surface area (Å²) in [5.41, 5.74) is 2.09. The number of imidazole rings is 1. The fourth-order valence-corrected chi connectivity index (χ4v) is 4.97. The Bertz CT molecular complexity index is 996. The van der Waals surface area contributed by atoms with Crippen molar-refractivity contribution < 1.29 is 4.79 Å². The fraction of sp³-hybridized carbons (Fsp3) is 0.478. The molecule has 2 aromatic rings. The van der Waals surface area contributed by atoms with E-state index in [9.17, 15) is 4.79 Å². The van der Waals surface area contributed by atoms with Crippen molar-refractivity contribution in [2.75, 3.05) is 31.1 Å². The van der Waals surface area contributed by atoms with Crippen LogP contribution in [0, 0.1) is 5.92 Å². The largest absolute Gasteiger partial charge is 0.371 e. The van der Waals surface area contributed by atoms with E-state index in [2.05, 4.69) is 39.1 Å². The first kappa shape index (κ1) is 18.7. The third-order valence-electron chi connectivity index (χ3n) is 6.45. The minimum absolute atomic E-state index is 0.180. The van der Waals surface area contributed by atoms with E-state index in [0.717, 1.165) is 92.5 Å². The lowest BCUT2D eigenvalue weighted by atomic mass is 9.95. The van der Waals surface area contributed by atoms with Crippen molar-refractivity contribution >= 4 is 35.3 Å². The van der Waals surface area contributed by atoms with Crippen molar-refractivity contribution in [2.24, 2.45) is 5.92 Å². The highest BCUT2D eigenvalue weighted by molar-refractivity contribution is 6.33. The topological polar surface area (TPSA) is 52.2 Å². The Hall–Kier alpha value is -2.27. The van der Waals surface area contributed by atoms with Crippen LogP contribution in [0.1, 0.15) is 38.5 Å². The van der Waals surface area contributed by atoms with Crippen molar-refractivity contribution in [1.82, 2.24) is 14.9 Å². The smallest absolute Gasteiger partial charge is 0.225 e. The zero-order chi connectivity index (χ0) is 19.8. The molecule has 1 N–H and O–H groups in total. The zero-order valence-corrected chi connectivity index (χ0v) is 17.4. The second-order valence-corrected chi connectivity index (χ2v) is 8.73. The number of H-pyrrole nitrogens is 1. The Balaban J connectivity index is 1.33. The summed E-state index contributed by atoms with van der Waals surface area (Å²) in [5.74, 6) is 1.38. The molecule has 3 heterocycles. The summed E-state index contributed by atoms with van der Waals surface area (Å²) in [6.07, 6.45) is 10.6. The second-order valence-electron chi connectivity index (χ2n) is 8.33. The third-order valence-corrected chi connectivity index (χ3v) is 6.78. The quantitative estimate of drug-likeness (QED) is 0.846. The predicted molar refractivity (Wildman–Crippen MR) is 117 cm³/mol.